The SMILES string of the molecule is CC(=O)N1CCC(N2CCCC2)C1. The van der Waals surface area contributed by atoms with Crippen LogP contribution in [0.25, 0.3) is 0 Å². The van der Waals surface area contributed by atoms with Gasteiger partial charge in [0, 0.05) is 26.1 Å². The third-order valence-electron chi connectivity index (χ3n) is 3.27. The van der Waals surface area contributed by atoms with E-state index in [0.717, 1.165) is 13.1 Å². The van der Waals surface area contributed by atoms with Gasteiger partial charge in [0.15, 0.2) is 0 Å². The average Bonchev–Trinajstić information content (AvgIpc) is 2.75. The van der Waals surface area contributed by atoms with Crippen LogP contribution in [0.1, 0.15) is 26.2 Å². The van der Waals surface area contributed by atoms with Gasteiger partial charge >= 0.3 is 0 Å². The van der Waals surface area contributed by atoms with Crippen LogP contribution in [0, 0.1) is 0 Å². The largest absolute Gasteiger partial charge is 0.341 e. The van der Waals surface area contributed by atoms with Crippen LogP contribution in [-0.2, 0) is 4.79 Å². The van der Waals surface area contributed by atoms with Crippen molar-refractivity contribution in [3.8, 4) is 0 Å². The summed E-state index contributed by atoms with van der Waals surface area (Å²) in [5, 5.41) is 0. The minimum Gasteiger partial charge on any atom is -0.341 e. The van der Waals surface area contributed by atoms with E-state index in [1.807, 2.05) is 4.90 Å². The lowest BCUT2D eigenvalue weighted by molar-refractivity contribution is -0.127. The molecule has 2 saturated heterocycles. The predicted molar refractivity (Wildman–Crippen MR) is 51.5 cm³/mol. The quantitative estimate of drug-likeness (QED) is 0.596. The van der Waals surface area contributed by atoms with Crippen molar-refractivity contribution in [1.29, 1.82) is 0 Å². The van der Waals surface area contributed by atoms with E-state index in [4.69, 9.17) is 0 Å². The summed E-state index contributed by atoms with van der Waals surface area (Å²) in [6.07, 6.45) is 3.87. The lowest BCUT2D eigenvalue weighted by atomic mass is 10.2. The Morgan fingerprint density at radius 2 is 1.92 bits per heavy atom. The summed E-state index contributed by atoms with van der Waals surface area (Å²) in [5.74, 6) is 0.238. The van der Waals surface area contributed by atoms with Gasteiger partial charge in [-0.1, -0.05) is 0 Å². The minimum absolute atomic E-state index is 0.238. The normalized spacial score (nSPS) is 29.9. The first-order valence-electron chi connectivity index (χ1n) is 5.27. The summed E-state index contributed by atoms with van der Waals surface area (Å²) in [5.41, 5.74) is 0. The zero-order chi connectivity index (χ0) is 9.26. The van der Waals surface area contributed by atoms with Crippen LogP contribution >= 0.6 is 0 Å². The lowest BCUT2D eigenvalue weighted by Crippen LogP contribution is -2.36. The second-order valence-electron chi connectivity index (χ2n) is 4.15. The molecule has 0 N–H and O–H groups in total. The number of hydrogen-bond acceptors (Lipinski definition) is 2. The Labute approximate surface area is 79.7 Å². The Hall–Kier alpha value is -0.570. The molecule has 0 spiro atoms. The number of nitrogens with zero attached hydrogens (tertiary/aromatic N) is 2. The van der Waals surface area contributed by atoms with Crippen molar-refractivity contribution in [1.82, 2.24) is 9.80 Å². The number of amides is 1. The van der Waals surface area contributed by atoms with E-state index in [0.29, 0.717) is 6.04 Å². The molecule has 3 heteroatoms. The van der Waals surface area contributed by atoms with Crippen molar-refractivity contribution in [2.45, 2.75) is 32.2 Å². The van der Waals surface area contributed by atoms with Crippen LogP contribution in [0.3, 0.4) is 0 Å². The van der Waals surface area contributed by atoms with Gasteiger partial charge in [-0.05, 0) is 32.4 Å². The molecule has 0 aromatic rings. The maximum atomic E-state index is 11.1. The number of rotatable bonds is 1. The number of hydrogen-bond donors (Lipinski definition) is 0. The summed E-state index contributed by atoms with van der Waals surface area (Å²) in [7, 11) is 0. The van der Waals surface area contributed by atoms with Crippen LogP contribution in [0.15, 0.2) is 0 Å². The molecular formula is C10H18N2O. The average molecular weight is 182 g/mol. The molecule has 0 aliphatic carbocycles. The molecule has 13 heavy (non-hydrogen) atoms. The minimum atomic E-state index is 0.238. The van der Waals surface area contributed by atoms with Crippen molar-refractivity contribution < 1.29 is 4.79 Å². The molecule has 0 aromatic heterocycles. The van der Waals surface area contributed by atoms with E-state index >= 15 is 0 Å². The highest BCUT2D eigenvalue weighted by atomic mass is 16.2. The van der Waals surface area contributed by atoms with Crippen molar-refractivity contribution in [2.24, 2.45) is 0 Å². The summed E-state index contributed by atoms with van der Waals surface area (Å²) >= 11 is 0. The van der Waals surface area contributed by atoms with Crippen molar-refractivity contribution in [2.75, 3.05) is 26.2 Å². The standard InChI is InChI=1S/C10H18N2O/c1-9(13)12-7-4-10(8-12)11-5-2-3-6-11/h10H,2-8H2,1H3. The lowest BCUT2D eigenvalue weighted by Gasteiger charge is -2.23. The molecule has 1 unspecified atom stereocenters. The highest BCUT2D eigenvalue weighted by molar-refractivity contribution is 5.73. The Bertz CT molecular complexity index is 199. The van der Waals surface area contributed by atoms with Gasteiger partial charge in [-0.3, -0.25) is 9.69 Å². The fourth-order valence-electron chi connectivity index (χ4n) is 2.43. The number of carbonyl (C=O) groups excluding carboxylic acids is 1. The summed E-state index contributed by atoms with van der Waals surface area (Å²) in [6, 6.07) is 0.659. The fourth-order valence-corrected chi connectivity index (χ4v) is 2.43. The maximum Gasteiger partial charge on any atom is 0.219 e. The van der Waals surface area contributed by atoms with Crippen molar-refractivity contribution in [3.63, 3.8) is 0 Å². The second kappa shape index (κ2) is 3.66. The van der Waals surface area contributed by atoms with Crippen molar-refractivity contribution >= 4 is 5.91 Å². The van der Waals surface area contributed by atoms with E-state index in [9.17, 15) is 4.79 Å². The molecule has 0 bridgehead atoms. The van der Waals surface area contributed by atoms with Gasteiger partial charge in [0.1, 0.15) is 0 Å². The first-order chi connectivity index (χ1) is 6.27. The molecular weight excluding hydrogens is 164 g/mol. The molecule has 74 valence electrons. The fraction of sp³-hybridized carbons (Fsp3) is 0.900. The van der Waals surface area contributed by atoms with Gasteiger partial charge in [0.25, 0.3) is 0 Å². The van der Waals surface area contributed by atoms with Crippen LogP contribution < -0.4 is 0 Å². The Balaban J connectivity index is 1.86. The van der Waals surface area contributed by atoms with Gasteiger partial charge in [-0.15, -0.1) is 0 Å². The van der Waals surface area contributed by atoms with Crippen molar-refractivity contribution in [3.05, 3.63) is 0 Å². The van der Waals surface area contributed by atoms with E-state index in [1.54, 1.807) is 6.92 Å². The molecule has 2 heterocycles. The monoisotopic (exact) mass is 182 g/mol. The van der Waals surface area contributed by atoms with Crippen LogP contribution in [0.5, 0.6) is 0 Å². The van der Waals surface area contributed by atoms with Crippen LogP contribution in [-0.4, -0.2) is 47.9 Å². The van der Waals surface area contributed by atoms with Crippen LogP contribution in [0.4, 0.5) is 0 Å². The molecule has 1 amide bonds. The second-order valence-corrected chi connectivity index (χ2v) is 4.15. The Morgan fingerprint density at radius 3 is 2.46 bits per heavy atom. The van der Waals surface area contributed by atoms with E-state index in [-0.39, 0.29) is 5.91 Å². The molecule has 2 aliphatic heterocycles. The Morgan fingerprint density at radius 1 is 1.23 bits per heavy atom. The van der Waals surface area contributed by atoms with E-state index in [2.05, 4.69) is 4.90 Å². The molecule has 0 aromatic carbocycles. The summed E-state index contributed by atoms with van der Waals surface area (Å²) in [6.45, 7) is 6.10. The molecule has 0 saturated carbocycles. The maximum absolute atomic E-state index is 11.1. The molecule has 2 aliphatic rings. The van der Waals surface area contributed by atoms with Crippen LogP contribution in [0.2, 0.25) is 0 Å². The third-order valence-corrected chi connectivity index (χ3v) is 3.27. The Kier molecular flexibility index (Phi) is 2.54. The zero-order valence-corrected chi connectivity index (χ0v) is 8.33. The van der Waals surface area contributed by atoms with Gasteiger partial charge < -0.3 is 4.90 Å². The van der Waals surface area contributed by atoms with Gasteiger partial charge in [0.05, 0.1) is 0 Å². The number of carbonyl (C=O) groups is 1. The third kappa shape index (κ3) is 1.85. The molecule has 0 radical (unpaired) electrons. The van der Waals surface area contributed by atoms with E-state index < -0.39 is 0 Å². The predicted octanol–water partition coefficient (Wildman–Crippen LogP) is 0.703. The highest BCUT2D eigenvalue weighted by Gasteiger charge is 2.29. The highest BCUT2D eigenvalue weighted by Crippen LogP contribution is 2.20. The van der Waals surface area contributed by atoms with Gasteiger partial charge in [0.2, 0.25) is 5.91 Å². The molecule has 2 fully saturated rings. The summed E-state index contributed by atoms with van der Waals surface area (Å²) in [4.78, 5) is 15.6. The molecule has 2 rings (SSSR count). The van der Waals surface area contributed by atoms with E-state index in [1.165, 1.54) is 32.4 Å². The smallest absolute Gasteiger partial charge is 0.219 e. The zero-order valence-electron chi connectivity index (χ0n) is 8.33. The topological polar surface area (TPSA) is 23.6 Å². The summed E-state index contributed by atoms with van der Waals surface area (Å²) < 4.78 is 0. The number of likely N-dealkylation sites (tertiary alicyclic amines) is 2. The first-order valence-corrected chi connectivity index (χ1v) is 5.27. The molecule has 3 nitrogen and oxygen atoms in total. The van der Waals surface area contributed by atoms with Gasteiger partial charge in [-0.2, -0.15) is 0 Å². The first kappa shape index (κ1) is 9.00. The molecule has 1 atom stereocenters. The van der Waals surface area contributed by atoms with Gasteiger partial charge in [-0.25, -0.2) is 0 Å².